The number of rotatable bonds is 4. The number of nitrogens with one attached hydrogen (secondary N) is 1. The van der Waals surface area contributed by atoms with E-state index >= 15 is 0 Å². The van der Waals surface area contributed by atoms with Crippen LogP contribution in [0.4, 0.5) is 0 Å². The Labute approximate surface area is 111 Å². The third-order valence-corrected chi connectivity index (χ3v) is 2.90. The number of carbonyl (C=O) groups excluding carboxylic acids is 1. The van der Waals surface area contributed by atoms with Gasteiger partial charge in [-0.1, -0.05) is 24.2 Å². The molecular weight excluding hydrogens is 244 g/mol. The minimum Gasteiger partial charge on any atom is -0.507 e. The van der Waals surface area contributed by atoms with Gasteiger partial charge in [0.15, 0.2) is 11.5 Å². The molecule has 0 unspecified atom stereocenters. The highest BCUT2D eigenvalue weighted by Crippen LogP contribution is 2.28. The average molecular weight is 260 g/mol. The number of hydrogen-bond donors (Lipinski definition) is 2. The molecule has 2 aromatic rings. The highest BCUT2D eigenvalue weighted by molar-refractivity contribution is 5.93. The van der Waals surface area contributed by atoms with Crippen LogP contribution >= 0.6 is 0 Å². The van der Waals surface area contributed by atoms with Crippen molar-refractivity contribution in [2.75, 3.05) is 0 Å². The van der Waals surface area contributed by atoms with Gasteiger partial charge in [0.1, 0.15) is 5.75 Å². The number of phenolic OH excluding ortho intramolecular Hbond substituents is 1. The predicted octanol–water partition coefficient (Wildman–Crippen LogP) is 2.58. The molecular formula is C14H16N2O3. The summed E-state index contributed by atoms with van der Waals surface area (Å²) in [4.78, 5) is 11.8. The molecule has 1 amide bonds. The maximum absolute atomic E-state index is 11.8. The Bertz CT molecular complexity index is 578. The van der Waals surface area contributed by atoms with Gasteiger partial charge in [-0.25, -0.2) is 0 Å². The van der Waals surface area contributed by atoms with Crippen molar-refractivity contribution in [3.05, 3.63) is 36.0 Å². The van der Waals surface area contributed by atoms with Crippen LogP contribution in [0.1, 0.15) is 30.8 Å². The number of aromatic nitrogens is 1. The number of benzene rings is 1. The smallest absolute Gasteiger partial charge is 0.273 e. The van der Waals surface area contributed by atoms with Crippen LogP contribution in [0.3, 0.4) is 0 Å². The molecule has 2 N–H and O–H groups in total. The maximum Gasteiger partial charge on any atom is 0.273 e. The highest BCUT2D eigenvalue weighted by atomic mass is 16.5. The van der Waals surface area contributed by atoms with Crippen molar-refractivity contribution in [1.29, 1.82) is 0 Å². The third kappa shape index (κ3) is 2.93. The van der Waals surface area contributed by atoms with Crippen LogP contribution in [-0.4, -0.2) is 22.2 Å². The van der Waals surface area contributed by atoms with E-state index in [9.17, 15) is 9.90 Å². The Balaban J connectivity index is 2.20. The lowest BCUT2D eigenvalue weighted by molar-refractivity contribution is 0.0930. The molecule has 1 aromatic heterocycles. The van der Waals surface area contributed by atoms with Gasteiger partial charge in [-0.15, -0.1) is 0 Å². The zero-order valence-electron chi connectivity index (χ0n) is 10.9. The van der Waals surface area contributed by atoms with E-state index in [1.807, 2.05) is 13.8 Å². The lowest BCUT2D eigenvalue weighted by Crippen LogP contribution is -2.32. The topological polar surface area (TPSA) is 75.4 Å². The Kier molecular flexibility index (Phi) is 3.85. The van der Waals surface area contributed by atoms with Crippen molar-refractivity contribution in [2.24, 2.45) is 0 Å². The minimum atomic E-state index is -0.278. The first kappa shape index (κ1) is 13.1. The second-order valence-electron chi connectivity index (χ2n) is 4.38. The summed E-state index contributed by atoms with van der Waals surface area (Å²) in [6.45, 7) is 3.91. The van der Waals surface area contributed by atoms with Gasteiger partial charge in [0.05, 0.1) is 5.56 Å². The molecule has 5 nitrogen and oxygen atoms in total. The lowest BCUT2D eigenvalue weighted by Gasteiger charge is -2.08. The Morgan fingerprint density at radius 2 is 2.21 bits per heavy atom. The van der Waals surface area contributed by atoms with Crippen molar-refractivity contribution in [1.82, 2.24) is 10.5 Å². The molecule has 0 aliphatic heterocycles. The number of para-hydroxylation sites is 1. The fraction of sp³-hybridized carbons (Fsp3) is 0.286. The van der Waals surface area contributed by atoms with Crippen molar-refractivity contribution in [2.45, 2.75) is 26.3 Å². The molecule has 0 spiro atoms. The van der Waals surface area contributed by atoms with Crippen LogP contribution in [-0.2, 0) is 0 Å². The molecule has 100 valence electrons. The fourth-order valence-corrected chi connectivity index (χ4v) is 1.59. The Morgan fingerprint density at radius 3 is 2.89 bits per heavy atom. The summed E-state index contributed by atoms with van der Waals surface area (Å²) in [5, 5.41) is 16.2. The van der Waals surface area contributed by atoms with Gasteiger partial charge in [-0.2, -0.15) is 0 Å². The van der Waals surface area contributed by atoms with E-state index in [1.165, 1.54) is 6.07 Å². The van der Waals surface area contributed by atoms with E-state index < -0.39 is 0 Å². The monoisotopic (exact) mass is 260 g/mol. The summed E-state index contributed by atoms with van der Waals surface area (Å²) < 4.78 is 5.10. The van der Waals surface area contributed by atoms with Crippen molar-refractivity contribution >= 4 is 5.91 Å². The number of carbonyl (C=O) groups is 1. The van der Waals surface area contributed by atoms with E-state index in [1.54, 1.807) is 24.3 Å². The Morgan fingerprint density at radius 1 is 1.47 bits per heavy atom. The number of phenols is 1. The summed E-state index contributed by atoms with van der Waals surface area (Å²) in [5.41, 5.74) is 0.719. The van der Waals surface area contributed by atoms with Crippen molar-refractivity contribution in [3.8, 4) is 17.1 Å². The van der Waals surface area contributed by atoms with Crippen molar-refractivity contribution < 1.29 is 14.4 Å². The average Bonchev–Trinajstić information content (AvgIpc) is 2.88. The minimum absolute atomic E-state index is 0.0813. The van der Waals surface area contributed by atoms with Crippen LogP contribution in [0, 0.1) is 0 Å². The Hall–Kier alpha value is -2.30. The van der Waals surface area contributed by atoms with Gasteiger partial charge < -0.3 is 14.9 Å². The van der Waals surface area contributed by atoms with Crippen LogP contribution in [0.15, 0.2) is 34.9 Å². The zero-order chi connectivity index (χ0) is 13.8. The van der Waals surface area contributed by atoms with Crippen LogP contribution < -0.4 is 5.32 Å². The normalized spacial score (nSPS) is 12.1. The molecule has 5 heteroatoms. The molecule has 1 heterocycles. The molecule has 0 bridgehead atoms. The van der Waals surface area contributed by atoms with Crippen LogP contribution in [0.5, 0.6) is 5.75 Å². The predicted molar refractivity (Wildman–Crippen MR) is 70.8 cm³/mol. The molecule has 0 aliphatic carbocycles. The summed E-state index contributed by atoms with van der Waals surface area (Å²) in [5.74, 6) is 0.180. The molecule has 1 aromatic carbocycles. The summed E-state index contributed by atoms with van der Waals surface area (Å²) in [6.07, 6.45) is 0.843. The first-order valence-corrected chi connectivity index (χ1v) is 6.17. The van der Waals surface area contributed by atoms with E-state index in [4.69, 9.17) is 4.52 Å². The summed E-state index contributed by atoms with van der Waals surface area (Å²) in [6, 6.07) is 8.34. The molecule has 0 aliphatic rings. The number of hydrogen-bond acceptors (Lipinski definition) is 4. The largest absolute Gasteiger partial charge is 0.507 e. The van der Waals surface area contributed by atoms with Gasteiger partial charge in [0, 0.05) is 12.1 Å². The fourth-order valence-electron chi connectivity index (χ4n) is 1.59. The maximum atomic E-state index is 11.8. The van der Waals surface area contributed by atoms with Gasteiger partial charge >= 0.3 is 0 Å². The summed E-state index contributed by atoms with van der Waals surface area (Å²) in [7, 11) is 0. The van der Waals surface area contributed by atoms with Gasteiger partial charge in [0.2, 0.25) is 0 Å². The van der Waals surface area contributed by atoms with Gasteiger partial charge in [-0.3, -0.25) is 4.79 Å². The van der Waals surface area contributed by atoms with E-state index in [0.29, 0.717) is 11.3 Å². The number of amides is 1. The lowest BCUT2D eigenvalue weighted by atomic mass is 10.1. The molecule has 0 saturated carbocycles. The first-order valence-electron chi connectivity index (χ1n) is 6.17. The number of aromatic hydroxyl groups is 1. The first-order chi connectivity index (χ1) is 9.11. The van der Waals surface area contributed by atoms with E-state index in [2.05, 4.69) is 10.5 Å². The van der Waals surface area contributed by atoms with Crippen molar-refractivity contribution in [3.63, 3.8) is 0 Å². The SMILES string of the molecule is CC[C@@H](C)NC(=O)c1cc(-c2ccccc2O)on1. The highest BCUT2D eigenvalue weighted by Gasteiger charge is 2.16. The second-order valence-corrected chi connectivity index (χ2v) is 4.38. The molecule has 1 atom stereocenters. The van der Waals surface area contributed by atoms with E-state index in [-0.39, 0.29) is 23.4 Å². The quantitative estimate of drug-likeness (QED) is 0.885. The molecule has 0 radical (unpaired) electrons. The zero-order valence-corrected chi connectivity index (χ0v) is 10.9. The molecule has 2 rings (SSSR count). The van der Waals surface area contributed by atoms with Gasteiger partial charge in [0.25, 0.3) is 5.91 Å². The van der Waals surface area contributed by atoms with Crippen LogP contribution in [0.25, 0.3) is 11.3 Å². The third-order valence-electron chi connectivity index (χ3n) is 2.90. The van der Waals surface area contributed by atoms with Crippen LogP contribution in [0.2, 0.25) is 0 Å². The van der Waals surface area contributed by atoms with Gasteiger partial charge in [-0.05, 0) is 25.5 Å². The number of nitrogens with zero attached hydrogens (tertiary/aromatic N) is 1. The standard InChI is InChI=1S/C14H16N2O3/c1-3-9(2)15-14(18)11-8-13(19-16-11)10-6-4-5-7-12(10)17/h4-9,17H,3H2,1-2H3,(H,15,18)/t9-/m1/s1. The van der Waals surface area contributed by atoms with E-state index in [0.717, 1.165) is 6.42 Å². The molecule has 19 heavy (non-hydrogen) atoms. The molecule has 0 fully saturated rings. The molecule has 0 saturated heterocycles. The second kappa shape index (κ2) is 5.56. The summed E-state index contributed by atoms with van der Waals surface area (Å²) >= 11 is 0.